The standard InChI is InChI=1S/C10H11N3O/c11-6-8-3-1-7(2-4-8)5-9(12)10(13)14/h1-4,9H,5,12H2,(H2,13,14)/t9-/m1/s1. The van der Waals surface area contributed by atoms with Crippen LogP contribution in [0.1, 0.15) is 11.1 Å². The molecular formula is C10H11N3O. The number of carbonyl (C=O) groups excluding carboxylic acids is 1. The molecule has 0 heterocycles. The van der Waals surface area contributed by atoms with Crippen LogP contribution in [0.5, 0.6) is 0 Å². The summed E-state index contributed by atoms with van der Waals surface area (Å²) >= 11 is 0. The summed E-state index contributed by atoms with van der Waals surface area (Å²) in [6.45, 7) is 0. The third kappa shape index (κ3) is 2.57. The zero-order chi connectivity index (χ0) is 10.6. The topological polar surface area (TPSA) is 92.9 Å². The quantitative estimate of drug-likeness (QED) is 0.696. The molecule has 4 N–H and O–H groups in total. The van der Waals surface area contributed by atoms with Gasteiger partial charge in [0.1, 0.15) is 0 Å². The molecule has 14 heavy (non-hydrogen) atoms. The summed E-state index contributed by atoms with van der Waals surface area (Å²) in [7, 11) is 0. The van der Waals surface area contributed by atoms with Crippen molar-refractivity contribution >= 4 is 5.91 Å². The monoisotopic (exact) mass is 189 g/mol. The van der Waals surface area contributed by atoms with Crippen LogP contribution in [0.3, 0.4) is 0 Å². The highest BCUT2D eigenvalue weighted by atomic mass is 16.1. The van der Waals surface area contributed by atoms with Crippen LogP contribution in [0.4, 0.5) is 0 Å². The molecule has 0 aliphatic rings. The molecule has 1 amide bonds. The average molecular weight is 189 g/mol. The Balaban J connectivity index is 2.70. The molecule has 0 aliphatic carbocycles. The van der Waals surface area contributed by atoms with Gasteiger partial charge in [-0.1, -0.05) is 12.1 Å². The predicted molar refractivity (Wildman–Crippen MR) is 52.0 cm³/mol. The number of nitrogens with two attached hydrogens (primary N) is 2. The second kappa shape index (κ2) is 4.40. The normalized spacial score (nSPS) is 11.7. The van der Waals surface area contributed by atoms with E-state index in [-0.39, 0.29) is 0 Å². The van der Waals surface area contributed by atoms with Crippen LogP contribution in [0.2, 0.25) is 0 Å². The van der Waals surface area contributed by atoms with Crippen LogP contribution in [0.25, 0.3) is 0 Å². The Morgan fingerprint density at radius 3 is 2.43 bits per heavy atom. The van der Waals surface area contributed by atoms with Crippen LogP contribution in [-0.2, 0) is 11.2 Å². The molecule has 0 bridgehead atoms. The first-order chi connectivity index (χ1) is 6.63. The van der Waals surface area contributed by atoms with Crippen LogP contribution in [-0.4, -0.2) is 11.9 Å². The molecule has 0 aliphatic heterocycles. The van der Waals surface area contributed by atoms with Gasteiger partial charge in [-0.05, 0) is 24.1 Å². The number of nitrogens with zero attached hydrogens (tertiary/aromatic N) is 1. The van der Waals surface area contributed by atoms with E-state index >= 15 is 0 Å². The number of rotatable bonds is 3. The van der Waals surface area contributed by atoms with Gasteiger partial charge in [0.05, 0.1) is 17.7 Å². The summed E-state index contributed by atoms with van der Waals surface area (Å²) in [6.07, 6.45) is 0.404. The number of amides is 1. The molecule has 1 aromatic carbocycles. The van der Waals surface area contributed by atoms with E-state index in [0.717, 1.165) is 5.56 Å². The predicted octanol–water partition coefficient (Wildman–Crippen LogP) is -0.0866. The number of hydrogen-bond acceptors (Lipinski definition) is 3. The molecule has 72 valence electrons. The van der Waals surface area contributed by atoms with E-state index in [2.05, 4.69) is 0 Å². The van der Waals surface area contributed by atoms with Gasteiger partial charge in [-0.2, -0.15) is 5.26 Å². The van der Waals surface area contributed by atoms with Crippen molar-refractivity contribution in [2.45, 2.75) is 12.5 Å². The molecule has 0 radical (unpaired) electrons. The van der Waals surface area contributed by atoms with Crippen molar-refractivity contribution < 1.29 is 4.79 Å². The van der Waals surface area contributed by atoms with Crippen molar-refractivity contribution in [1.29, 1.82) is 5.26 Å². The molecule has 4 nitrogen and oxygen atoms in total. The van der Waals surface area contributed by atoms with E-state index in [4.69, 9.17) is 16.7 Å². The van der Waals surface area contributed by atoms with E-state index in [0.29, 0.717) is 12.0 Å². The van der Waals surface area contributed by atoms with Gasteiger partial charge in [0.15, 0.2) is 0 Å². The molecule has 0 fully saturated rings. The van der Waals surface area contributed by atoms with Gasteiger partial charge < -0.3 is 11.5 Å². The first-order valence-electron chi connectivity index (χ1n) is 4.17. The summed E-state index contributed by atoms with van der Waals surface area (Å²) in [5.74, 6) is -0.519. The number of benzene rings is 1. The Kier molecular flexibility index (Phi) is 3.21. The Hall–Kier alpha value is -1.86. The first kappa shape index (κ1) is 10.2. The number of carbonyl (C=O) groups is 1. The van der Waals surface area contributed by atoms with Crippen LogP contribution in [0, 0.1) is 11.3 Å². The average Bonchev–Trinajstić information content (AvgIpc) is 2.19. The van der Waals surface area contributed by atoms with E-state index in [1.54, 1.807) is 24.3 Å². The largest absolute Gasteiger partial charge is 0.368 e. The molecule has 0 aromatic heterocycles. The van der Waals surface area contributed by atoms with E-state index in [9.17, 15) is 4.79 Å². The maximum atomic E-state index is 10.7. The summed E-state index contributed by atoms with van der Waals surface area (Å²) in [5, 5.41) is 8.55. The number of hydrogen-bond donors (Lipinski definition) is 2. The van der Waals surface area contributed by atoms with Gasteiger partial charge in [0, 0.05) is 0 Å². The molecule has 0 saturated carbocycles. The fourth-order valence-electron chi connectivity index (χ4n) is 1.07. The minimum absolute atomic E-state index is 0.404. The van der Waals surface area contributed by atoms with Crippen LogP contribution < -0.4 is 11.5 Å². The smallest absolute Gasteiger partial charge is 0.234 e. The minimum atomic E-state index is -0.664. The van der Waals surface area contributed by atoms with Crippen molar-refractivity contribution in [2.24, 2.45) is 11.5 Å². The lowest BCUT2D eigenvalue weighted by molar-refractivity contribution is -0.119. The third-order valence-corrected chi connectivity index (χ3v) is 1.90. The van der Waals surface area contributed by atoms with E-state index < -0.39 is 11.9 Å². The lowest BCUT2D eigenvalue weighted by Crippen LogP contribution is -2.38. The van der Waals surface area contributed by atoms with Gasteiger partial charge in [-0.15, -0.1) is 0 Å². The van der Waals surface area contributed by atoms with Crippen molar-refractivity contribution in [2.75, 3.05) is 0 Å². The highest BCUT2D eigenvalue weighted by Gasteiger charge is 2.09. The minimum Gasteiger partial charge on any atom is -0.368 e. The maximum absolute atomic E-state index is 10.7. The lowest BCUT2D eigenvalue weighted by atomic mass is 10.0. The SMILES string of the molecule is N#Cc1ccc(C[C@@H](N)C(N)=O)cc1. The molecule has 4 heteroatoms. The van der Waals surface area contributed by atoms with Crippen molar-refractivity contribution in [3.05, 3.63) is 35.4 Å². The molecule has 1 rings (SSSR count). The van der Waals surface area contributed by atoms with Crippen molar-refractivity contribution in [3.8, 4) is 6.07 Å². The van der Waals surface area contributed by atoms with E-state index in [1.807, 2.05) is 6.07 Å². The summed E-state index contributed by atoms with van der Waals surface area (Å²) in [5.41, 5.74) is 12.0. The fraction of sp³-hybridized carbons (Fsp3) is 0.200. The van der Waals surface area contributed by atoms with Crippen molar-refractivity contribution in [3.63, 3.8) is 0 Å². The van der Waals surface area contributed by atoms with Gasteiger partial charge in [0.2, 0.25) is 5.91 Å². The Morgan fingerprint density at radius 2 is 2.00 bits per heavy atom. The van der Waals surface area contributed by atoms with Gasteiger partial charge in [-0.25, -0.2) is 0 Å². The summed E-state index contributed by atoms with van der Waals surface area (Å²) in [6, 6.07) is 8.24. The number of primary amides is 1. The fourth-order valence-corrected chi connectivity index (χ4v) is 1.07. The molecule has 1 atom stereocenters. The molecule has 0 unspecified atom stereocenters. The Morgan fingerprint density at radius 1 is 1.43 bits per heavy atom. The van der Waals surface area contributed by atoms with E-state index in [1.165, 1.54) is 0 Å². The van der Waals surface area contributed by atoms with Gasteiger partial charge in [-0.3, -0.25) is 4.79 Å². The molecule has 0 spiro atoms. The van der Waals surface area contributed by atoms with Crippen LogP contribution >= 0.6 is 0 Å². The Bertz CT molecular complexity index is 364. The highest BCUT2D eigenvalue weighted by molar-refractivity contribution is 5.79. The Labute approximate surface area is 82.1 Å². The third-order valence-electron chi connectivity index (χ3n) is 1.90. The molecular weight excluding hydrogens is 178 g/mol. The zero-order valence-corrected chi connectivity index (χ0v) is 7.60. The van der Waals surface area contributed by atoms with Gasteiger partial charge >= 0.3 is 0 Å². The first-order valence-corrected chi connectivity index (χ1v) is 4.17. The zero-order valence-electron chi connectivity index (χ0n) is 7.60. The maximum Gasteiger partial charge on any atom is 0.234 e. The summed E-state index contributed by atoms with van der Waals surface area (Å²) < 4.78 is 0. The highest BCUT2D eigenvalue weighted by Crippen LogP contribution is 2.05. The lowest BCUT2D eigenvalue weighted by Gasteiger charge is -2.06. The second-order valence-electron chi connectivity index (χ2n) is 3.02. The van der Waals surface area contributed by atoms with Crippen molar-refractivity contribution in [1.82, 2.24) is 0 Å². The molecule has 1 aromatic rings. The summed E-state index contributed by atoms with van der Waals surface area (Å²) in [4.78, 5) is 10.7. The number of nitriles is 1. The van der Waals surface area contributed by atoms with Gasteiger partial charge in [0.25, 0.3) is 0 Å². The second-order valence-corrected chi connectivity index (χ2v) is 3.02. The van der Waals surface area contributed by atoms with Crippen LogP contribution in [0.15, 0.2) is 24.3 Å². The molecule has 0 saturated heterocycles.